The van der Waals surface area contributed by atoms with Crippen LogP contribution in [0, 0.1) is 6.92 Å². The number of nitrogens with zero attached hydrogens (tertiary/aromatic N) is 1. The molecule has 0 aromatic carbocycles. The molecule has 0 unspecified atom stereocenters. The largest absolute Gasteiger partial charge is 0.477 e. The highest BCUT2D eigenvalue weighted by atomic mass is 32.2. The Kier molecular flexibility index (Phi) is 3.90. The van der Waals surface area contributed by atoms with Crippen molar-refractivity contribution in [2.45, 2.75) is 39.0 Å². The number of hydrogen-bond acceptors (Lipinski definition) is 3. The molecule has 1 aromatic heterocycles. The van der Waals surface area contributed by atoms with E-state index in [9.17, 15) is 13.2 Å². The number of aromatic carboxylic acids is 1. The van der Waals surface area contributed by atoms with Gasteiger partial charge < -0.3 is 9.67 Å². The molecule has 0 atom stereocenters. The van der Waals surface area contributed by atoms with Gasteiger partial charge in [-0.05, 0) is 39.3 Å². The van der Waals surface area contributed by atoms with E-state index in [4.69, 9.17) is 5.11 Å². The second-order valence-electron chi connectivity index (χ2n) is 5.28. The van der Waals surface area contributed by atoms with Crippen molar-refractivity contribution in [2.75, 3.05) is 5.75 Å². The third-order valence-corrected chi connectivity index (χ3v) is 5.49. The summed E-state index contributed by atoms with van der Waals surface area (Å²) in [5, 5.41) is 9.05. The van der Waals surface area contributed by atoms with Crippen LogP contribution in [-0.2, 0) is 16.4 Å². The van der Waals surface area contributed by atoms with Crippen molar-refractivity contribution in [1.82, 2.24) is 4.57 Å². The molecule has 0 radical (unpaired) electrons. The third kappa shape index (κ3) is 2.93. The van der Waals surface area contributed by atoms with Crippen LogP contribution in [0.2, 0.25) is 0 Å². The highest BCUT2D eigenvalue weighted by Gasteiger charge is 2.28. The molecular formula is C12H19NO4S. The van der Waals surface area contributed by atoms with Gasteiger partial charge in [-0.25, -0.2) is 13.2 Å². The molecule has 1 rings (SSSR count). The summed E-state index contributed by atoms with van der Waals surface area (Å²) in [4.78, 5) is 11.1. The Morgan fingerprint density at radius 1 is 1.39 bits per heavy atom. The summed E-state index contributed by atoms with van der Waals surface area (Å²) >= 11 is 0. The van der Waals surface area contributed by atoms with E-state index >= 15 is 0 Å². The molecule has 0 bridgehead atoms. The molecule has 0 amide bonds. The van der Waals surface area contributed by atoms with Crippen molar-refractivity contribution in [2.24, 2.45) is 0 Å². The van der Waals surface area contributed by atoms with E-state index in [1.807, 2.05) is 0 Å². The second-order valence-corrected chi connectivity index (χ2v) is 8.14. The summed E-state index contributed by atoms with van der Waals surface area (Å²) in [5.74, 6) is -1.10. The number of carbonyl (C=O) groups is 1. The Bertz CT molecular complexity index is 549. The molecule has 0 aliphatic heterocycles. The maximum Gasteiger partial charge on any atom is 0.352 e. The van der Waals surface area contributed by atoms with Crippen LogP contribution in [0.25, 0.3) is 0 Å². The number of carboxylic acid groups (broad SMARTS) is 1. The van der Waals surface area contributed by atoms with Gasteiger partial charge in [-0.2, -0.15) is 0 Å². The Hall–Kier alpha value is -1.30. The van der Waals surface area contributed by atoms with Crippen LogP contribution < -0.4 is 0 Å². The normalized spacial score (nSPS) is 12.7. The SMILES string of the molecule is Cc1ccn(CCS(=O)(=O)C(C)(C)C)c1C(=O)O. The van der Waals surface area contributed by atoms with Gasteiger partial charge in [-0.1, -0.05) is 0 Å². The molecule has 1 heterocycles. The van der Waals surface area contributed by atoms with E-state index in [0.717, 1.165) is 0 Å². The molecule has 6 heteroatoms. The van der Waals surface area contributed by atoms with Crippen LogP contribution in [-0.4, -0.2) is 34.6 Å². The average molecular weight is 273 g/mol. The average Bonchev–Trinajstić information content (AvgIpc) is 2.55. The summed E-state index contributed by atoms with van der Waals surface area (Å²) in [6.45, 7) is 6.78. The fourth-order valence-electron chi connectivity index (χ4n) is 1.58. The summed E-state index contributed by atoms with van der Waals surface area (Å²) in [7, 11) is -3.24. The highest BCUT2D eigenvalue weighted by Crippen LogP contribution is 2.17. The first-order valence-electron chi connectivity index (χ1n) is 5.67. The lowest BCUT2D eigenvalue weighted by molar-refractivity contribution is 0.0684. The number of carboxylic acids is 1. The predicted octanol–water partition coefficient (Wildman–Crippen LogP) is 1.71. The van der Waals surface area contributed by atoms with Crippen molar-refractivity contribution >= 4 is 15.8 Å². The van der Waals surface area contributed by atoms with E-state index in [1.54, 1.807) is 40.0 Å². The van der Waals surface area contributed by atoms with Crippen molar-refractivity contribution in [1.29, 1.82) is 0 Å². The second kappa shape index (κ2) is 4.76. The lowest BCUT2D eigenvalue weighted by Crippen LogP contribution is -2.32. The summed E-state index contributed by atoms with van der Waals surface area (Å²) in [6, 6.07) is 1.67. The van der Waals surface area contributed by atoms with Crippen LogP contribution in [0.5, 0.6) is 0 Å². The molecule has 102 valence electrons. The Balaban J connectivity index is 2.92. The van der Waals surface area contributed by atoms with Gasteiger partial charge in [0.2, 0.25) is 0 Å². The molecule has 1 aromatic rings. The Morgan fingerprint density at radius 3 is 2.39 bits per heavy atom. The zero-order valence-electron chi connectivity index (χ0n) is 11.1. The first kappa shape index (κ1) is 14.8. The van der Waals surface area contributed by atoms with Crippen LogP contribution in [0.3, 0.4) is 0 Å². The van der Waals surface area contributed by atoms with E-state index in [2.05, 4.69) is 0 Å². The lowest BCUT2D eigenvalue weighted by Gasteiger charge is -2.19. The first-order chi connectivity index (χ1) is 8.06. The lowest BCUT2D eigenvalue weighted by atomic mass is 10.3. The van der Waals surface area contributed by atoms with E-state index in [0.29, 0.717) is 5.56 Å². The molecule has 0 aliphatic carbocycles. The first-order valence-corrected chi connectivity index (χ1v) is 7.33. The summed E-state index contributed by atoms with van der Waals surface area (Å²) < 4.78 is 24.6. The molecule has 18 heavy (non-hydrogen) atoms. The number of aryl methyl sites for hydroxylation is 2. The minimum atomic E-state index is -3.24. The van der Waals surface area contributed by atoms with E-state index in [1.165, 1.54) is 4.57 Å². The van der Waals surface area contributed by atoms with Crippen LogP contribution >= 0.6 is 0 Å². The standard InChI is InChI=1S/C12H19NO4S/c1-9-5-6-13(10(9)11(14)15)7-8-18(16,17)12(2,3)4/h5-6H,7-8H2,1-4H3,(H,14,15). The zero-order chi connectivity index (χ0) is 14.1. The fraction of sp³-hybridized carbons (Fsp3) is 0.583. The molecule has 0 aliphatic rings. The van der Waals surface area contributed by atoms with Crippen LogP contribution in [0.15, 0.2) is 12.3 Å². The molecule has 1 N–H and O–H groups in total. The maximum atomic E-state index is 12.0. The number of sulfone groups is 1. The molecule has 0 fully saturated rings. The van der Waals surface area contributed by atoms with Gasteiger partial charge in [0, 0.05) is 12.7 Å². The van der Waals surface area contributed by atoms with E-state index < -0.39 is 20.6 Å². The van der Waals surface area contributed by atoms with Crippen LogP contribution in [0.4, 0.5) is 0 Å². The predicted molar refractivity (Wildman–Crippen MR) is 69.7 cm³/mol. The Labute approximate surface area is 107 Å². The maximum absolute atomic E-state index is 12.0. The van der Waals surface area contributed by atoms with Gasteiger partial charge >= 0.3 is 5.97 Å². The molecule has 5 nitrogen and oxygen atoms in total. The molecule has 0 spiro atoms. The molecule has 0 saturated carbocycles. The Morgan fingerprint density at radius 2 is 1.94 bits per heavy atom. The van der Waals surface area contributed by atoms with Gasteiger partial charge in [0.1, 0.15) is 5.69 Å². The minimum Gasteiger partial charge on any atom is -0.477 e. The van der Waals surface area contributed by atoms with Gasteiger partial charge in [-0.15, -0.1) is 0 Å². The number of aromatic nitrogens is 1. The monoisotopic (exact) mass is 273 g/mol. The van der Waals surface area contributed by atoms with Gasteiger partial charge in [0.15, 0.2) is 9.84 Å². The van der Waals surface area contributed by atoms with Gasteiger partial charge in [-0.3, -0.25) is 0 Å². The highest BCUT2D eigenvalue weighted by molar-refractivity contribution is 7.92. The van der Waals surface area contributed by atoms with Crippen LogP contribution in [0.1, 0.15) is 36.8 Å². The third-order valence-electron chi connectivity index (χ3n) is 2.90. The zero-order valence-corrected chi connectivity index (χ0v) is 11.9. The number of hydrogen-bond donors (Lipinski definition) is 1. The van der Waals surface area contributed by atoms with Gasteiger partial charge in [0.05, 0.1) is 10.5 Å². The molecule has 0 saturated heterocycles. The molecular weight excluding hydrogens is 254 g/mol. The van der Waals surface area contributed by atoms with Crippen molar-refractivity contribution in [3.8, 4) is 0 Å². The summed E-state index contributed by atoms with van der Waals surface area (Å²) in [5.41, 5.74) is 0.787. The smallest absolute Gasteiger partial charge is 0.352 e. The minimum absolute atomic E-state index is 0.0646. The van der Waals surface area contributed by atoms with Crippen molar-refractivity contribution in [3.05, 3.63) is 23.5 Å². The van der Waals surface area contributed by atoms with Gasteiger partial charge in [0.25, 0.3) is 0 Å². The van der Waals surface area contributed by atoms with Crippen molar-refractivity contribution in [3.63, 3.8) is 0 Å². The topological polar surface area (TPSA) is 76.4 Å². The quantitative estimate of drug-likeness (QED) is 0.906. The fourth-order valence-corrected chi connectivity index (χ4v) is 2.63. The summed E-state index contributed by atoms with van der Waals surface area (Å²) in [6.07, 6.45) is 1.61. The van der Waals surface area contributed by atoms with Crippen molar-refractivity contribution < 1.29 is 18.3 Å². The number of rotatable bonds is 4. The van der Waals surface area contributed by atoms with E-state index in [-0.39, 0.29) is 18.0 Å².